The van der Waals surface area contributed by atoms with Crippen molar-refractivity contribution in [3.05, 3.63) is 30.3 Å². The molecule has 1 aromatic carbocycles. The van der Waals surface area contributed by atoms with E-state index in [1.807, 2.05) is 32.0 Å². The number of para-hydroxylation sites is 1. The van der Waals surface area contributed by atoms with Gasteiger partial charge in [-0.2, -0.15) is 0 Å². The Kier molecular flexibility index (Phi) is 5.78. The molecule has 100 valence electrons. The highest BCUT2D eigenvalue weighted by Crippen LogP contribution is 2.31. The lowest BCUT2D eigenvalue weighted by Crippen LogP contribution is -2.52. The maximum atomic E-state index is 12.4. The van der Waals surface area contributed by atoms with Crippen molar-refractivity contribution in [2.45, 2.75) is 13.8 Å². The Hall–Kier alpha value is -0.423. The topological polar surface area (TPSA) is 23.6 Å². The van der Waals surface area contributed by atoms with Gasteiger partial charge < -0.3 is 4.90 Å². The highest BCUT2D eigenvalue weighted by Gasteiger charge is 2.41. The molecular formula is C11H15Cl3N2OSi. The fourth-order valence-electron chi connectivity index (χ4n) is 1.58. The maximum Gasteiger partial charge on any atom is 0.462 e. The average Bonchev–Trinajstić information content (AvgIpc) is 2.30. The molecule has 0 aromatic heterocycles. The largest absolute Gasteiger partial charge is 0.462 e. The highest BCUT2D eigenvalue weighted by atomic mass is 35.8. The van der Waals surface area contributed by atoms with Crippen molar-refractivity contribution in [2.75, 3.05) is 17.7 Å². The standard InChI is InChI=1S/C11H15Cl3N2OSi/c1-3-15(4-2)11(17)16(18(12,13)14)10-8-6-5-7-9-10/h5-9H,3-4H2,1-2H3. The first-order chi connectivity index (χ1) is 8.41. The van der Waals surface area contributed by atoms with Gasteiger partial charge >= 0.3 is 12.2 Å². The number of benzene rings is 1. The molecule has 0 aliphatic rings. The van der Waals surface area contributed by atoms with Gasteiger partial charge in [0, 0.05) is 18.8 Å². The third-order valence-corrected chi connectivity index (χ3v) is 4.97. The summed E-state index contributed by atoms with van der Waals surface area (Å²) in [6.07, 6.45) is -3.33. The number of halogens is 3. The Morgan fingerprint density at radius 1 is 1.11 bits per heavy atom. The minimum Gasteiger partial charge on any atom is -0.325 e. The van der Waals surface area contributed by atoms with Crippen LogP contribution in [0.2, 0.25) is 0 Å². The molecular weight excluding hydrogens is 311 g/mol. The van der Waals surface area contributed by atoms with Gasteiger partial charge in [0.15, 0.2) is 0 Å². The third kappa shape index (κ3) is 3.78. The summed E-state index contributed by atoms with van der Waals surface area (Å²) >= 11 is 18.1. The number of carbonyl (C=O) groups is 1. The molecule has 7 heteroatoms. The average molecular weight is 326 g/mol. The van der Waals surface area contributed by atoms with Gasteiger partial charge in [-0.15, -0.1) is 33.2 Å². The molecule has 0 radical (unpaired) electrons. The summed E-state index contributed by atoms with van der Waals surface area (Å²) in [5.41, 5.74) is 0.612. The first-order valence-corrected chi connectivity index (χ1v) is 10.6. The fourth-order valence-corrected chi connectivity index (χ4v) is 3.91. The predicted octanol–water partition coefficient (Wildman–Crippen LogP) is 4.11. The number of hydrogen-bond donors (Lipinski definition) is 0. The SMILES string of the molecule is CCN(CC)C(=O)N(c1ccccc1)[Si](Cl)(Cl)Cl. The molecule has 3 nitrogen and oxygen atoms in total. The summed E-state index contributed by atoms with van der Waals surface area (Å²) in [4.78, 5) is 14.0. The van der Waals surface area contributed by atoms with Crippen LogP contribution in [-0.4, -0.2) is 30.2 Å². The van der Waals surface area contributed by atoms with Crippen molar-refractivity contribution in [1.82, 2.24) is 4.90 Å². The van der Waals surface area contributed by atoms with E-state index in [4.69, 9.17) is 33.2 Å². The monoisotopic (exact) mass is 324 g/mol. The van der Waals surface area contributed by atoms with E-state index in [-0.39, 0.29) is 6.03 Å². The molecule has 1 rings (SSSR count). The van der Waals surface area contributed by atoms with Gasteiger partial charge in [-0.1, -0.05) is 18.2 Å². The molecule has 0 fully saturated rings. The van der Waals surface area contributed by atoms with E-state index >= 15 is 0 Å². The number of rotatable bonds is 4. The number of hydrogen-bond acceptors (Lipinski definition) is 1. The molecule has 2 amide bonds. The Morgan fingerprint density at radius 2 is 1.61 bits per heavy atom. The van der Waals surface area contributed by atoms with E-state index in [0.29, 0.717) is 18.8 Å². The van der Waals surface area contributed by atoms with Crippen molar-refractivity contribution in [2.24, 2.45) is 0 Å². The second-order valence-corrected chi connectivity index (χ2v) is 11.6. The normalized spacial score (nSPS) is 11.2. The van der Waals surface area contributed by atoms with Crippen molar-refractivity contribution in [1.29, 1.82) is 0 Å². The third-order valence-electron chi connectivity index (χ3n) is 2.49. The van der Waals surface area contributed by atoms with E-state index in [2.05, 4.69) is 0 Å². The molecule has 0 N–H and O–H groups in total. The van der Waals surface area contributed by atoms with E-state index in [9.17, 15) is 4.79 Å². The van der Waals surface area contributed by atoms with Crippen LogP contribution in [0.15, 0.2) is 30.3 Å². The molecule has 1 aromatic rings. The summed E-state index contributed by atoms with van der Waals surface area (Å²) < 4.78 is 1.30. The number of amides is 2. The van der Waals surface area contributed by atoms with Gasteiger partial charge in [-0.3, -0.25) is 4.57 Å². The minimum absolute atomic E-state index is 0.266. The van der Waals surface area contributed by atoms with Crippen molar-refractivity contribution in [3.8, 4) is 0 Å². The Labute approximate surface area is 122 Å². The van der Waals surface area contributed by atoms with Crippen LogP contribution in [0.1, 0.15) is 13.8 Å². The van der Waals surface area contributed by atoms with Crippen LogP contribution in [0.25, 0.3) is 0 Å². The van der Waals surface area contributed by atoms with Gasteiger partial charge in [0.1, 0.15) is 0 Å². The summed E-state index contributed by atoms with van der Waals surface area (Å²) in [5.74, 6) is 0. The molecule has 0 atom stereocenters. The van der Waals surface area contributed by atoms with Gasteiger partial charge in [-0.05, 0) is 26.0 Å². The van der Waals surface area contributed by atoms with E-state index in [1.54, 1.807) is 17.0 Å². The van der Waals surface area contributed by atoms with Gasteiger partial charge in [0.2, 0.25) is 0 Å². The van der Waals surface area contributed by atoms with Crippen LogP contribution in [-0.2, 0) is 0 Å². The molecule has 0 bridgehead atoms. The molecule has 0 spiro atoms. The first-order valence-electron chi connectivity index (χ1n) is 5.62. The number of urea groups is 1. The lowest BCUT2D eigenvalue weighted by Gasteiger charge is -2.32. The molecule has 0 saturated heterocycles. The van der Waals surface area contributed by atoms with Crippen molar-refractivity contribution >= 4 is 51.1 Å². The fraction of sp³-hybridized carbons (Fsp3) is 0.364. The van der Waals surface area contributed by atoms with E-state index in [0.717, 1.165) is 0 Å². The van der Waals surface area contributed by atoms with Gasteiger partial charge in [0.25, 0.3) is 0 Å². The number of anilines is 1. The van der Waals surface area contributed by atoms with E-state index in [1.165, 1.54) is 4.57 Å². The molecule has 0 aliphatic heterocycles. The smallest absolute Gasteiger partial charge is 0.325 e. The Balaban J connectivity index is 3.12. The second kappa shape index (κ2) is 6.66. The van der Waals surface area contributed by atoms with Crippen LogP contribution in [0.3, 0.4) is 0 Å². The van der Waals surface area contributed by atoms with Crippen LogP contribution in [0, 0.1) is 0 Å². The second-order valence-electron chi connectivity index (χ2n) is 3.59. The summed E-state index contributed by atoms with van der Waals surface area (Å²) in [6.45, 7) is 4.94. The lowest BCUT2D eigenvalue weighted by molar-refractivity contribution is 0.214. The zero-order chi connectivity index (χ0) is 13.8. The molecule has 0 heterocycles. The summed E-state index contributed by atoms with van der Waals surface area (Å²) in [7, 11) is 0. The van der Waals surface area contributed by atoms with Crippen LogP contribution in [0.5, 0.6) is 0 Å². The molecule has 0 aliphatic carbocycles. The van der Waals surface area contributed by atoms with Crippen LogP contribution >= 0.6 is 33.2 Å². The maximum absolute atomic E-state index is 12.4. The van der Waals surface area contributed by atoms with Crippen molar-refractivity contribution < 1.29 is 4.79 Å². The molecule has 0 saturated carbocycles. The zero-order valence-corrected chi connectivity index (χ0v) is 13.5. The number of carbonyl (C=O) groups excluding carboxylic acids is 1. The number of nitrogens with zero attached hydrogens (tertiary/aromatic N) is 2. The van der Waals surface area contributed by atoms with Crippen molar-refractivity contribution in [3.63, 3.8) is 0 Å². The van der Waals surface area contributed by atoms with Crippen LogP contribution < -0.4 is 4.57 Å². The van der Waals surface area contributed by atoms with Gasteiger partial charge in [-0.25, -0.2) is 4.79 Å². The first kappa shape index (κ1) is 15.6. The highest BCUT2D eigenvalue weighted by molar-refractivity contribution is 7.66. The van der Waals surface area contributed by atoms with Crippen LogP contribution in [0.4, 0.5) is 10.5 Å². The Bertz CT molecular complexity index is 393. The lowest BCUT2D eigenvalue weighted by atomic mass is 10.3. The Morgan fingerprint density at radius 3 is 2.00 bits per heavy atom. The summed E-state index contributed by atoms with van der Waals surface area (Å²) in [5, 5.41) is 0. The zero-order valence-electron chi connectivity index (χ0n) is 10.2. The minimum atomic E-state index is -3.33. The van der Waals surface area contributed by atoms with Gasteiger partial charge in [0.05, 0.1) is 0 Å². The summed E-state index contributed by atoms with van der Waals surface area (Å²) in [6, 6.07) is 8.72. The predicted molar refractivity (Wildman–Crippen MR) is 80.6 cm³/mol. The molecule has 18 heavy (non-hydrogen) atoms. The quantitative estimate of drug-likeness (QED) is 0.603. The molecule has 0 unspecified atom stereocenters. The van der Waals surface area contributed by atoms with E-state index < -0.39 is 6.16 Å².